The van der Waals surface area contributed by atoms with E-state index in [0.717, 1.165) is 16.9 Å². The van der Waals surface area contributed by atoms with Crippen LogP contribution in [0.4, 0.5) is 10.1 Å². The Hall–Kier alpha value is -1.49. The van der Waals surface area contributed by atoms with E-state index in [4.69, 9.17) is 0 Å². The maximum atomic E-state index is 13.2. The van der Waals surface area contributed by atoms with Crippen molar-refractivity contribution < 1.29 is 9.31 Å². The van der Waals surface area contributed by atoms with Gasteiger partial charge in [-0.15, -0.1) is 11.3 Å². The number of hydrogen-bond acceptors (Lipinski definition) is 3. The second kappa shape index (κ2) is 3.02. The summed E-state index contributed by atoms with van der Waals surface area (Å²) >= 11 is 1.07. The number of thiophene rings is 1. The lowest BCUT2D eigenvalue weighted by Crippen LogP contribution is -1.87. The number of rotatable bonds is 1. The van der Waals surface area contributed by atoms with Gasteiger partial charge >= 0.3 is 0 Å². The predicted octanol–water partition coefficient (Wildman–Crippen LogP) is 3.26. The van der Waals surface area contributed by atoms with Crippen LogP contribution < -0.4 is 0 Å². The molecule has 0 bridgehead atoms. The smallest absolute Gasteiger partial charge is 0.258 e. The third-order valence-electron chi connectivity index (χ3n) is 2.06. The van der Waals surface area contributed by atoms with Gasteiger partial charge in [-0.3, -0.25) is 10.1 Å². The van der Waals surface area contributed by atoms with E-state index in [-0.39, 0.29) is 5.69 Å². The molecule has 1 aromatic heterocycles. The van der Waals surface area contributed by atoms with Crippen LogP contribution in [0.3, 0.4) is 0 Å². The highest BCUT2D eigenvalue weighted by molar-refractivity contribution is 7.17. The molecule has 1 heterocycles. The Balaban J connectivity index is 2.90. The maximum absolute atomic E-state index is 13.2. The molecule has 2 rings (SSSR count). The Morgan fingerprint density at radius 2 is 2.21 bits per heavy atom. The summed E-state index contributed by atoms with van der Waals surface area (Å²) in [4.78, 5) is 10.1. The lowest BCUT2D eigenvalue weighted by molar-refractivity contribution is -0.382. The van der Waals surface area contributed by atoms with Gasteiger partial charge in [0.25, 0.3) is 5.69 Å². The lowest BCUT2D eigenvalue weighted by atomic mass is 10.1. The molecule has 0 amide bonds. The number of nitrogens with zero attached hydrogens (tertiary/aromatic N) is 1. The number of fused-ring (bicyclic) bond motifs is 1. The van der Waals surface area contributed by atoms with Gasteiger partial charge in [-0.05, 0) is 18.6 Å². The van der Waals surface area contributed by atoms with Crippen molar-refractivity contribution in [1.82, 2.24) is 0 Å². The largest absolute Gasteiger partial charge is 0.288 e. The first kappa shape index (κ1) is 9.08. The molecular formula is C9H6FNO2S. The minimum atomic E-state index is -0.481. The predicted molar refractivity (Wildman–Crippen MR) is 53.2 cm³/mol. The van der Waals surface area contributed by atoms with Gasteiger partial charge in [-0.1, -0.05) is 6.07 Å². The molecule has 0 aliphatic carbocycles. The fraction of sp³-hybridized carbons (Fsp3) is 0.111. The highest BCUT2D eigenvalue weighted by Crippen LogP contribution is 2.35. The molecule has 14 heavy (non-hydrogen) atoms. The third-order valence-corrected chi connectivity index (χ3v) is 3.04. The van der Waals surface area contributed by atoms with Crippen LogP contribution in [0.1, 0.15) is 5.56 Å². The third kappa shape index (κ3) is 1.17. The van der Waals surface area contributed by atoms with Crippen LogP contribution in [0.5, 0.6) is 0 Å². The van der Waals surface area contributed by atoms with Crippen molar-refractivity contribution in [3.05, 3.63) is 39.0 Å². The van der Waals surface area contributed by atoms with E-state index >= 15 is 0 Å². The topological polar surface area (TPSA) is 43.1 Å². The highest BCUT2D eigenvalue weighted by atomic mass is 32.1. The Bertz CT molecular complexity index is 521. The number of hydrogen-bond donors (Lipinski definition) is 0. The second-order valence-corrected chi connectivity index (χ2v) is 3.83. The van der Waals surface area contributed by atoms with Crippen molar-refractivity contribution in [3.8, 4) is 0 Å². The molecule has 0 aliphatic heterocycles. The van der Waals surface area contributed by atoms with Crippen molar-refractivity contribution in [2.75, 3.05) is 0 Å². The molecule has 0 spiro atoms. The van der Waals surface area contributed by atoms with E-state index in [1.165, 1.54) is 11.4 Å². The van der Waals surface area contributed by atoms with E-state index in [1.807, 2.05) is 0 Å². The Morgan fingerprint density at radius 3 is 2.86 bits per heavy atom. The summed E-state index contributed by atoms with van der Waals surface area (Å²) in [5.41, 5.74) is 0.719. The van der Waals surface area contributed by atoms with Gasteiger partial charge in [0.15, 0.2) is 0 Å². The first-order valence-corrected chi connectivity index (χ1v) is 4.80. The van der Waals surface area contributed by atoms with Crippen LogP contribution in [0, 0.1) is 22.9 Å². The van der Waals surface area contributed by atoms with E-state index in [2.05, 4.69) is 0 Å². The summed E-state index contributed by atoms with van der Waals surface area (Å²) < 4.78 is 13.6. The quantitative estimate of drug-likeness (QED) is 0.536. The molecule has 0 atom stereocenters. The molecule has 0 saturated carbocycles. The minimum absolute atomic E-state index is 0.0120. The van der Waals surface area contributed by atoms with Crippen molar-refractivity contribution >= 4 is 27.1 Å². The first-order chi connectivity index (χ1) is 6.61. The Morgan fingerprint density at radius 1 is 1.50 bits per heavy atom. The lowest BCUT2D eigenvalue weighted by Gasteiger charge is -1.96. The minimum Gasteiger partial charge on any atom is -0.258 e. The fourth-order valence-electron chi connectivity index (χ4n) is 1.40. The molecule has 72 valence electrons. The zero-order chi connectivity index (χ0) is 10.3. The second-order valence-electron chi connectivity index (χ2n) is 2.95. The van der Waals surface area contributed by atoms with Crippen molar-refractivity contribution in [2.45, 2.75) is 6.92 Å². The molecule has 0 aliphatic rings. The summed E-state index contributed by atoms with van der Waals surface area (Å²) in [6, 6.07) is 2.88. The van der Waals surface area contributed by atoms with Crippen LogP contribution >= 0.6 is 11.3 Å². The molecule has 0 radical (unpaired) electrons. The average molecular weight is 211 g/mol. The van der Waals surface area contributed by atoms with E-state index < -0.39 is 10.7 Å². The Labute approximate surface area is 82.9 Å². The number of aryl methyl sites for hydroxylation is 1. The summed E-state index contributed by atoms with van der Waals surface area (Å²) in [6.45, 7) is 1.74. The van der Waals surface area contributed by atoms with Crippen LogP contribution in [0.25, 0.3) is 10.1 Å². The van der Waals surface area contributed by atoms with E-state index in [9.17, 15) is 14.5 Å². The van der Waals surface area contributed by atoms with Crippen LogP contribution in [-0.2, 0) is 0 Å². The van der Waals surface area contributed by atoms with Gasteiger partial charge < -0.3 is 0 Å². The molecule has 3 nitrogen and oxygen atoms in total. The van der Waals surface area contributed by atoms with E-state index in [1.54, 1.807) is 13.0 Å². The van der Waals surface area contributed by atoms with E-state index in [0.29, 0.717) is 10.1 Å². The highest BCUT2D eigenvalue weighted by Gasteiger charge is 2.18. The average Bonchev–Trinajstić information content (AvgIpc) is 2.56. The van der Waals surface area contributed by atoms with Crippen molar-refractivity contribution in [2.24, 2.45) is 0 Å². The van der Waals surface area contributed by atoms with Gasteiger partial charge in [0.1, 0.15) is 5.82 Å². The number of nitro groups is 1. The zero-order valence-electron chi connectivity index (χ0n) is 7.28. The fourth-order valence-corrected chi connectivity index (χ4v) is 2.39. The number of halogens is 1. The molecule has 0 fully saturated rings. The molecule has 0 saturated heterocycles. The zero-order valence-corrected chi connectivity index (χ0v) is 8.10. The summed E-state index contributed by atoms with van der Waals surface area (Å²) in [5.74, 6) is -0.399. The van der Waals surface area contributed by atoms with Crippen molar-refractivity contribution in [1.29, 1.82) is 0 Å². The van der Waals surface area contributed by atoms with Gasteiger partial charge in [-0.2, -0.15) is 0 Å². The maximum Gasteiger partial charge on any atom is 0.288 e. The normalized spacial score (nSPS) is 10.7. The summed E-state index contributed by atoms with van der Waals surface area (Å²) in [6.07, 6.45) is 0. The molecule has 2 aromatic rings. The van der Waals surface area contributed by atoms with Crippen LogP contribution in [-0.4, -0.2) is 4.92 Å². The van der Waals surface area contributed by atoms with Gasteiger partial charge in [0.05, 0.1) is 20.4 Å². The molecule has 0 N–H and O–H groups in total. The molecule has 5 heteroatoms. The standard InChI is InChI=1S/C9H6FNO2S/c1-5-2-3-6(10)9-8(5)7(4-14-9)11(12)13/h2-4H,1H3. The molecule has 0 unspecified atom stereocenters. The van der Waals surface area contributed by atoms with Gasteiger partial charge in [-0.25, -0.2) is 4.39 Å². The molecular weight excluding hydrogens is 205 g/mol. The summed E-state index contributed by atoms with van der Waals surface area (Å²) in [5, 5.41) is 12.4. The van der Waals surface area contributed by atoms with Gasteiger partial charge in [0.2, 0.25) is 0 Å². The van der Waals surface area contributed by atoms with Crippen LogP contribution in [0.15, 0.2) is 17.5 Å². The van der Waals surface area contributed by atoms with Gasteiger partial charge in [0, 0.05) is 0 Å². The van der Waals surface area contributed by atoms with Crippen molar-refractivity contribution in [3.63, 3.8) is 0 Å². The first-order valence-electron chi connectivity index (χ1n) is 3.92. The Kier molecular flexibility index (Phi) is 1.96. The molecule has 1 aromatic carbocycles. The number of benzene rings is 1. The summed E-state index contributed by atoms with van der Waals surface area (Å²) in [7, 11) is 0. The monoisotopic (exact) mass is 211 g/mol. The van der Waals surface area contributed by atoms with Crippen LogP contribution in [0.2, 0.25) is 0 Å². The SMILES string of the molecule is Cc1ccc(F)c2scc([N+](=O)[O-])c12.